The highest BCUT2D eigenvalue weighted by molar-refractivity contribution is 5.94. The van der Waals surface area contributed by atoms with Crippen molar-refractivity contribution < 1.29 is 14.3 Å². The number of rotatable bonds is 9. The molecular formula is C21H24N6O3. The molecule has 9 heteroatoms. The summed E-state index contributed by atoms with van der Waals surface area (Å²) in [6.07, 6.45) is 2.29. The van der Waals surface area contributed by atoms with Gasteiger partial charge < -0.3 is 20.1 Å². The van der Waals surface area contributed by atoms with E-state index in [1.165, 1.54) is 0 Å². The van der Waals surface area contributed by atoms with Crippen LogP contribution in [-0.4, -0.2) is 58.5 Å². The van der Waals surface area contributed by atoms with Crippen LogP contribution in [0.1, 0.15) is 23.2 Å². The van der Waals surface area contributed by atoms with Gasteiger partial charge in [0.05, 0.1) is 11.8 Å². The Balaban J connectivity index is 1.21. The van der Waals surface area contributed by atoms with Gasteiger partial charge in [-0.15, -0.1) is 0 Å². The number of hydrogen-bond acceptors (Lipinski definition) is 7. The number of hydrogen-bond donors (Lipinski definition) is 2. The van der Waals surface area contributed by atoms with E-state index in [9.17, 15) is 4.79 Å². The van der Waals surface area contributed by atoms with Crippen molar-refractivity contribution in [1.29, 1.82) is 0 Å². The molecule has 1 aromatic heterocycles. The Hall–Kier alpha value is -3.46. The van der Waals surface area contributed by atoms with E-state index >= 15 is 0 Å². The number of carbonyl (C=O) groups is 1. The van der Waals surface area contributed by atoms with Gasteiger partial charge in [0.15, 0.2) is 0 Å². The molecule has 1 fully saturated rings. The Kier molecular flexibility index (Phi) is 6.51. The van der Waals surface area contributed by atoms with Crippen molar-refractivity contribution in [3.05, 3.63) is 60.2 Å². The van der Waals surface area contributed by atoms with E-state index in [0.717, 1.165) is 30.9 Å². The second-order valence-electron chi connectivity index (χ2n) is 6.90. The number of tetrazole rings is 1. The van der Waals surface area contributed by atoms with Crippen LogP contribution in [0, 0.1) is 0 Å². The minimum Gasteiger partial charge on any atom is -0.491 e. The van der Waals surface area contributed by atoms with Crippen LogP contribution in [0.2, 0.25) is 0 Å². The zero-order chi connectivity index (χ0) is 20.6. The van der Waals surface area contributed by atoms with Gasteiger partial charge >= 0.3 is 0 Å². The van der Waals surface area contributed by atoms with Gasteiger partial charge in [-0.05, 0) is 59.7 Å². The molecule has 0 spiro atoms. The van der Waals surface area contributed by atoms with Crippen molar-refractivity contribution in [3.8, 4) is 11.4 Å². The van der Waals surface area contributed by atoms with Gasteiger partial charge in [0.1, 0.15) is 12.4 Å². The standard InChI is InChI=1S/C21H24N6O3/c28-20(16-8-10-18(11-9-16)30-15-19-7-4-14-29-19)22-12-13-23-21-24-25-26-27(21)17-5-2-1-3-6-17/h1-3,5-6,8-11,19H,4,7,12-15H2,(H,22,28)(H,23,24,26)/t19-/m1/s1. The van der Waals surface area contributed by atoms with Crippen LogP contribution < -0.4 is 15.4 Å². The Morgan fingerprint density at radius 3 is 2.73 bits per heavy atom. The van der Waals surface area contributed by atoms with Crippen molar-refractivity contribution in [3.63, 3.8) is 0 Å². The maximum atomic E-state index is 12.3. The van der Waals surface area contributed by atoms with Crippen LogP contribution in [0.4, 0.5) is 5.95 Å². The summed E-state index contributed by atoms with van der Waals surface area (Å²) < 4.78 is 12.9. The van der Waals surface area contributed by atoms with Gasteiger partial charge in [-0.3, -0.25) is 4.79 Å². The fourth-order valence-corrected chi connectivity index (χ4v) is 3.16. The predicted molar refractivity (Wildman–Crippen MR) is 111 cm³/mol. The molecule has 156 valence electrons. The summed E-state index contributed by atoms with van der Waals surface area (Å²) in [7, 11) is 0. The van der Waals surface area contributed by atoms with E-state index in [2.05, 4.69) is 26.2 Å². The van der Waals surface area contributed by atoms with E-state index < -0.39 is 0 Å². The Bertz CT molecular complexity index is 939. The van der Waals surface area contributed by atoms with E-state index in [4.69, 9.17) is 9.47 Å². The number of benzene rings is 2. The van der Waals surface area contributed by atoms with Crippen LogP contribution in [-0.2, 0) is 4.74 Å². The van der Waals surface area contributed by atoms with E-state index in [-0.39, 0.29) is 12.0 Å². The number of carbonyl (C=O) groups excluding carboxylic acids is 1. The third-order valence-corrected chi connectivity index (χ3v) is 4.74. The Labute approximate surface area is 174 Å². The number of nitrogens with one attached hydrogen (secondary N) is 2. The number of anilines is 1. The topological polar surface area (TPSA) is 103 Å². The summed E-state index contributed by atoms with van der Waals surface area (Å²) in [5, 5.41) is 17.7. The summed E-state index contributed by atoms with van der Waals surface area (Å²) in [5.74, 6) is 1.10. The summed E-state index contributed by atoms with van der Waals surface area (Å²) in [5.41, 5.74) is 1.43. The van der Waals surface area contributed by atoms with Gasteiger partial charge in [0.25, 0.3) is 5.91 Å². The molecule has 0 radical (unpaired) electrons. The van der Waals surface area contributed by atoms with Gasteiger partial charge in [-0.1, -0.05) is 23.3 Å². The molecular weight excluding hydrogens is 384 g/mol. The molecule has 0 saturated carbocycles. The molecule has 1 atom stereocenters. The molecule has 30 heavy (non-hydrogen) atoms. The molecule has 1 aliphatic heterocycles. The highest BCUT2D eigenvalue weighted by atomic mass is 16.5. The average Bonchev–Trinajstić information content (AvgIpc) is 3.48. The fourth-order valence-electron chi connectivity index (χ4n) is 3.16. The minimum absolute atomic E-state index is 0.148. The summed E-state index contributed by atoms with van der Waals surface area (Å²) in [6, 6.07) is 16.7. The SMILES string of the molecule is O=C(NCCNc1nnnn1-c1ccccc1)c1ccc(OC[C@H]2CCCO2)cc1. The first-order chi connectivity index (χ1) is 14.8. The molecule has 3 aromatic rings. The monoisotopic (exact) mass is 408 g/mol. The highest BCUT2D eigenvalue weighted by Gasteiger charge is 2.16. The van der Waals surface area contributed by atoms with Crippen LogP contribution in [0.25, 0.3) is 5.69 Å². The lowest BCUT2D eigenvalue weighted by Crippen LogP contribution is -2.29. The van der Waals surface area contributed by atoms with Crippen LogP contribution in [0.15, 0.2) is 54.6 Å². The van der Waals surface area contributed by atoms with Crippen molar-refractivity contribution in [2.24, 2.45) is 0 Å². The van der Waals surface area contributed by atoms with E-state index in [1.807, 2.05) is 30.3 Å². The molecule has 0 unspecified atom stereocenters. The average molecular weight is 408 g/mol. The molecule has 2 aromatic carbocycles. The van der Waals surface area contributed by atoms with E-state index in [0.29, 0.717) is 31.2 Å². The van der Waals surface area contributed by atoms with Crippen LogP contribution in [0.3, 0.4) is 0 Å². The first-order valence-corrected chi connectivity index (χ1v) is 10.00. The zero-order valence-electron chi connectivity index (χ0n) is 16.5. The molecule has 1 amide bonds. The van der Waals surface area contributed by atoms with Crippen molar-refractivity contribution in [2.75, 3.05) is 31.6 Å². The lowest BCUT2D eigenvalue weighted by Gasteiger charge is -2.12. The number of para-hydroxylation sites is 1. The third kappa shape index (κ3) is 5.12. The highest BCUT2D eigenvalue weighted by Crippen LogP contribution is 2.16. The molecule has 4 rings (SSSR count). The van der Waals surface area contributed by atoms with Gasteiger partial charge in [0.2, 0.25) is 5.95 Å². The third-order valence-electron chi connectivity index (χ3n) is 4.74. The van der Waals surface area contributed by atoms with Crippen LogP contribution >= 0.6 is 0 Å². The molecule has 1 aliphatic rings. The quantitative estimate of drug-likeness (QED) is 0.523. The smallest absolute Gasteiger partial charge is 0.251 e. The number of nitrogens with zero attached hydrogens (tertiary/aromatic N) is 4. The van der Waals surface area contributed by atoms with Crippen molar-refractivity contribution in [1.82, 2.24) is 25.5 Å². The van der Waals surface area contributed by atoms with Gasteiger partial charge in [-0.25, -0.2) is 0 Å². The fraction of sp³-hybridized carbons (Fsp3) is 0.333. The zero-order valence-corrected chi connectivity index (χ0v) is 16.5. The normalized spacial score (nSPS) is 15.7. The number of ether oxygens (including phenoxy) is 2. The van der Waals surface area contributed by atoms with Crippen LogP contribution in [0.5, 0.6) is 5.75 Å². The predicted octanol–water partition coefficient (Wildman–Crippen LogP) is 2.06. The molecule has 0 aliphatic carbocycles. The first-order valence-electron chi connectivity index (χ1n) is 10.00. The van der Waals surface area contributed by atoms with Gasteiger partial charge in [-0.2, -0.15) is 4.68 Å². The summed E-state index contributed by atoms with van der Waals surface area (Å²) in [6.45, 7) is 2.27. The van der Waals surface area contributed by atoms with Gasteiger partial charge in [0, 0.05) is 25.3 Å². The lowest BCUT2D eigenvalue weighted by atomic mass is 10.2. The minimum atomic E-state index is -0.148. The molecule has 0 bridgehead atoms. The molecule has 2 heterocycles. The summed E-state index contributed by atoms with van der Waals surface area (Å²) in [4.78, 5) is 12.3. The second kappa shape index (κ2) is 9.84. The Morgan fingerprint density at radius 2 is 1.97 bits per heavy atom. The number of aromatic nitrogens is 4. The molecule has 1 saturated heterocycles. The van der Waals surface area contributed by atoms with E-state index in [1.54, 1.807) is 28.9 Å². The molecule has 9 nitrogen and oxygen atoms in total. The van der Waals surface area contributed by atoms with Crippen molar-refractivity contribution >= 4 is 11.9 Å². The second-order valence-corrected chi connectivity index (χ2v) is 6.90. The Morgan fingerprint density at radius 1 is 1.13 bits per heavy atom. The maximum absolute atomic E-state index is 12.3. The summed E-state index contributed by atoms with van der Waals surface area (Å²) >= 11 is 0. The lowest BCUT2D eigenvalue weighted by molar-refractivity contribution is 0.0679. The molecule has 2 N–H and O–H groups in total. The maximum Gasteiger partial charge on any atom is 0.251 e. The number of amides is 1. The largest absolute Gasteiger partial charge is 0.491 e. The first kappa shape index (κ1) is 19.8. The van der Waals surface area contributed by atoms with Crippen molar-refractivity contribution in [2.45, 2.75) is 18.9 Å².